The molecule has 0 aliphatic rings. The van der Waals surface area contributed by atoms with Crippen LogP contribution in [-0.2, 0) is 16.6 Å². The Bertz CT molecular complexity index is 1440. The van der Waals surface area contributed by atoms with Crippen LogP contribution >= 0.6 is 15.9 Å². The lowest BCUT2D eigenvalue weighted by Crippen LogP contribution is -2.18. The number of hydrogen-bond acceptors (Lipinski definition) is 6. The average Bonchev–Trinajstić information content (AvgIpc) is 3.14. The van der Waals surface area contributed by atoms with Crippen LogP contribution in [0.25, 0.3) is 10.9 Å². The SMILES string of the molecule is CNCc1cn(S(=O)(=O)c2cccnc2)c2cc(Nc3ccc(Br)cc3OC(F)(F)F)ccc12. The molecule has 0 radical (unpaired) electrons. The third-order valence-electron chi connectivity index (χ3n) is 4.86. The molecule has 0 saturated carbocycles. The predicted octanol–water partition coefficient (Wildman–Crippen LogP) is 5.40. The molecule has 0 atom stereocenters. The van der Waals surface area contributed by atoms with Gasteiger partial charge in [-0.25, -0.2) is 12.4 Å². The van der Waals surface area contributed by atoms with Crippen LogP contribution in [0.5, 0.6) is 5.75 Å². The molecule has 2 aromatic heterocycles. The predicted molar refractivity (Wildman–Crippen MR) is 126 cm³/mol. The standard InChI is InChI=1S/C22H18BrF3N4O3S/c1-27-11-14-13-30(34(31,32)17-3-2-8-28-12-17)20-10-16(5-6-18(14)20)29-19-7-4-15(23)9-21(19)33-22(24,25)26/h2-10,12-13,27,29H,11H2,1H3. The summed E-state index contributed by atoms with van der Waals surface area (Å²) < 4.78 is 70.9. The molecule has 0 fully saturated rings. The van der Waals surface area contributed by atoms with Crippen molar-refractivity contribution in [1.82, 2.24) is 14.3 Å². The van der Waals surface area contributed by atoms with Crippen molar-refractivity contribution in [2.75, 3.05) is 12.4 Å². The zero-order chi connectivity index (χ0) is 24.5. The smallest absolute Gasteiger partial charge is 0.404 e. The van der Waals surface area contributed by atoms with Gasteiger partial charge in [0.15, 0.2) is 5.75 Å². The topological polar surface area (TPSA) is 85.2 Å². The van der Waals surface area contributed by atoms with Crippen LogP contribution in [0.3, 0.4) is 0 Å². The Morgan fingerprint density at radius 3 is 2.62 bits per heavy atom. The molecule has 0 amide bonds. The van der Waals surface area contributed by atoms with Crippen LogP contribution < -0.4 is 15.4 Å². The summed E-state index contributed by atoms with van der Waals surface area (Å²) in [5.41, 5.74) is 1.53. The molecular weight excluding hydrogens is 537 g/mol. The van der Waals surface area contributed by atoms with Gasteiger partial charge >= 0.3 is 6.36 Å². The molecule has 0 bridgehead atoms. The summed E-state index contributed by atoms with van der Waals surface area (Å²) in [5.74, 6) is -0.434. The maximum Gasteiger partial charge on any atom is 0.573 e. The van der Waals surface area contributed by atoms with Crippen molar-refractivity contribution in [3.8, 4) is 5.75 Å². The largest absolute Gasteiger partial charge is 0.573 e. The van der Waals surface area contributed by atoms with Crippen molar-refractivity contribution in [2.24, 2.45) is 0 Å². The van der Waals surface area contributed by atoms with E-state index in [0.717, 1.165) is 9.54 Å². The van der Waals surface area contributed by atoms with Gasteiger partial charge in [-0.05, 0) is 55.1 Å². The maximum absolute atomic E-state index is 13.3. The first-order valence-corrected chi connectivity index (χ1v) is 12.1. The van der Waals surface area contributed by atoms with E-state index in [0.29, 0.717) is 27.6 Å². The average molecular weight is 555 g/mol. The summed E-state index contributed by atoms with van der Waals surface area (Å²) in [6, 6.07) is 12.1. The summed E-state index contributed by atoms with van der Waals surface area (Å²) in [5, 5.41) is 6.57. The van der Waals surface area contributed by atoms with E-state index in [9.17, 15) is 21.6 Å². The highest BCUT2D eigenvalue weighted by atomic mass is 79.9. The zero-order valence-corrected chi connectivity index (χ0v) is 20.0. The van der Waals surface area contributed by atoms with Crippen molar-refractivity contribution in [1.29, 1.82) is 0 Å². The van der Waals surface area contributed by atoms with Crippen molar-refractivity contribution in [3.63, 3.8) is 0 Å². The molecule has 2 heterocycles. The molecule has 178 valence electrons. The molecule has 0 aliphatic heterocycles. The van der Waals surface area contributed by atoms with E-state index in [1.807, 2.05) is 0 Å². The van der Waals surface area contributed by atoms with E-state index < -0.39 is 22.1 Å². The maximum atomic E-state index is 13.3. The zero-order valence-electron chi connectivity index (χ0n) is 17.6. The Labute approximate surface area is 201 Å². The molecule has 2 N–H and O–H groups in total. The van der Waals surface area contributed by atoms with Gasteiger partial charge in [-0.1, -0.05) is 22.0 Å². The van der Waals surface area contributed by atoms with Crippen LogP contribution in [0.2, 0.25) is 0 Å². The first-order chi connectivity index (χ1) is 16.1. The normalized spacial score (nSPS) is 12.1. The Balaban J connectivity index is 1.81. The van der Waals surface area contributed by atoms with Crippen LogP contribution in [0.4, 0.5) is 24.5 Å². The van der Waals surface area contributed by atoms with Crippen molar-refractivity contribution in [3.05, 3.63) is 77.2 Å². The van der Waals surface area contributed by atoms with Gasteiger partial charge in [-0.3, -0.25) is 4.98 Å². The van der Waals surface area contributed by atoms with Gasteiger partial charge in [0.2, 0.25) is 0 Å². The highest BCUT2D eigenvalue weighted by molar-refractivity contribution is 9.10. The summed E-state index contributed by atoms with van der Waals surface area (Å²) >= 11 is 3.14. The number of pyridine rings is 1. The van der Waals surface area contributed by atoms with E-state index in [1.54, 1.807) is 31.3 Å². The van der Waals surface area contributed by atoms with Crippen molar-refractivity contribution in [2.45, 2.75) is 17.8 Å². The number of ether oxygens (including phenoxy) is 1. The van der Waals surface area contributed by atoms with Crippen LogP contribution in [-0.4, -0.2) is 30.8 Å². The number of aromatic nitrogens is 2. The van der Waals surface area contributed by atoms with Gasteiger partial charge in [-0.15, -0.1) is 13.2 Å². The van der Waals surface area contributed by atoms with Crippen LogP contribution in [0, 0.1) is 0 Å². The van der Waals surface area contributed by atoms with Crippen LogP contribution in [0.1, 0.15) is 5.56 Å². The van der Waals surface area contributed by atoms with E-state index in [-0.39, 0.29) is 10.6 Å². The summed E-state index contributed by atoms with van der Waals surface area (Å²) in [6.07, 6.45) is -0.634. The first-order valence-electron chi connectivity index (χ1n) is 9.85. The number of hydrogen-bond donors (Lipinski definition) is 2. The van der Waals surface area contributed by atoms with Gasteiger partial charge in [0.25, 0.3) is 10.0 Å². The lowest BCUT2D eigenvalue weighted by molar-refractivity contribution is -0.274. The number of halogens is 4. The van der Waals surface area contributed by atoms with Gasteiger partial charge in [0, 0.05) is 40.7 Å². The molecule has 7 nitrogen and oxygen atoms in total. The third-order valence-corrected chi connectivity index (χ3v) is 7.01. The van der Waals surface area contributed by atoms with Gasteiger partial charge < -0.3 is 15.4 Å². The molecule has 2 aromatic carbocycles. The van der Waals surface area contributed by atoms with E-state index in [4.69, 9.17) is 0 Å². The highest BCUT2D eigenvalue weighted by Crippen LogP contribution is 2.36. The molecule has 4 aromatic rings. The summed E-state index contributed by atoms with van der Waals surface area (Å²) in [7, 11) is -2.23. The second-order valence-corrected chi connectivity index (χ2v) is 9.95. The van der Waals surface area contributed by atoms with Gasteiger partial charge in [0.1, 0.15) is 4.90 Å². The van der Waals surface area contributed by atoms with Gasteiger partial charge in [0.05, 0.1) is 11.2 Å². The third kappa shape index (κ3) is 5.03. The fraction of sp³-hybridized carbons (Fsp3) is 0.136. The first kappa shape index (κ1) is 24.0. The number of anilines is 2. The van der Waals surface area contributed by atoms with Crippen molar-refractivity contribution < 1.29 is 26.3 Å². The summed E-state index contributed by atoms with van der Waals surface area (Å²) in [4.78, 5) is 3.90. The highest BCUT2D eigenvalue weighted by Gasteiger charge is 2.32. The number of nitrogens with zero attached hydrogens (tertiary/aromatic N) is 2. The Kier molecular flexibility index (Phi) is 6.56. The Morgan fingerprint density at radius 1 is 1.15 bits per heavy atom. The van der Waals surface area contributed by atoms with E-state index >= 15 is 0 Å². The Morgan fingerprint density at radius 2 is 1.94 bits per heavy atom. The number of fused-ring (bicyclic) bond motifs is 1. The van der Waals surface area contributed by atoms with Crippen LogP contribution in [0.15, 0.2) is 76.5 Å². The number of nitrogens with one attached hydrogen (secondary N) is 2. The van der Waals surface area contributed by atoms with Crippen molar-refractivity contribution >= 4 is 48.2 Å². The minimum Gasteiger partial charge on any atom is -0.404 e. The monoisotopic (exact) mass is 554 g/mol. The van der Waals surface area contributed by atoms with E-state index in [1.165, 1.54) is 42.9 Å². The lowest BCUT2D eigenvalue weighted by Gasteiger charge is -2.15. The quantitative estimate of drug-likeness (QED) is 0.318. The molecule has 0 aliphatic carbocycles. The minimum atomic E-state index is -4.88. The minimum absolute atomic E-state index is 0.00930. The van der Waals surface area contributed by atoms with Gasteiger partial charge in [-0.2, -0.15) is 0 Å². The number of alkyl halides is 3. The molecule has 0 spiro atoms. The second kappa shape index (κ2) is 9.28. The molecule has 4 rings (SSSR count). The molecule has 12 heteroatoms. The molecule has 0 saturated heterocycles. The number of rotatable bonds is 7. The lowest BCUT2D eigenvalue weighted by atomic mass is 10.1. The summed E-state index contributed by atoms with van der Waals surface area (Å²) in [6.45, 7) is 0.412. The number of benzene rings is 2. The second-order valence-electron chi connectivity index (χ2n) is 7.22. The fourth-order valence-electron chi connectivity index (χ4n) is 3.45. The molecule has 0 unspecified atom stereocenters. The Hall–Kier alpha value is -3.09. The fourth-order valence-corrected chi connectivity index (χ4v) is 5.14. The van der Waals surface area contributed by atoms with E-state index in [2.05, 4.69) is 36.3 Å². The molecular formula is C22H18BrF3N4O3S. The molecule has 34 heavy (non-hydrogen) atoms.